The molecule has 2 atom stereocenters. The molecule has 31 heavy (non-hydrogen) atoms. The van der Waals surface area contributed by atoms with E-state index in [-0.39, 0.29) is 12.6 Å². The van der Waals surface area contributed by atoms with Crippen molar-refractivity contribution in [1.82, 2.24) is 24.5 Å². The first-order valence-corrected chi connectivity index (χ1v) is 10.9. The second-order valence-electron chi connectivity index (χ2n) is 8.78. The molecule has 2 N–H and O–H groups in total. The summed E-state index contributed by atoms with van der Waals surface area (Å²) in [5, 5.41) is 13.0. The number of hydrogen-bond donors (Lipinski definition) is 2. The smallest absolute Gasteiger partial charge is 0.227 e. The highest BCUT2D eigenvalue weighted by Gasteiger charge is 2.42. The van der Waals surface area contributed by atoms with E-state index in [1.54, 1.807) is 12.4 Å². The molecule has 4 heterocycles. The number of aliphatic hydroxyl groups is 1. The van der Waals surface area contributed by atoms with Crippen molar-refractivity contribution >= 4 is 28.6 Å². The summed E-state index contributed by atoms with van der Waals surface area (Å²) >= 11 is 0. The molecule has 0 spiro atoms. The van der Waals surface area contributed by atoms with Gasteiger partial charge in [0.25, 0.3) is 0 Å². The Balaban J connectivity index is 1.39. The van der Waals surface area contributed by atoms with E-state index >= 15 is 0 Å². The van der Waals surface area contributed by atoms with Crippen LogP contribution in [-0.4, -0.2) is 55.9 Å². The van der Waals surface area contributed by atoms with Crippen molar-refractivity contribution in [3.63, 3.8) is 0 Å². The molecular weight excluding hydrogens is 394 g/mol. The summed E-state index contributed by atoms with van der Waals surface area (Å²) in [7, 11) is 1.82. The molecule has 3 aromatic rings. The van der Waals surface area contributed by atoms with E-state index in [0.717, 1.165) is 30.1 Å². The fourth-order valence-corrected chi connectivity index (χ4v) is 5.23. The summed E-state index contributed by atoms with van der Waals surface area (Å²) in [6.07, 6.45) is 6.30. The number of methoxy groups -OCH3 is 1. The molecular formula is C22H29N7O2. The molecule has 0 aromatic carbocycles. The van der Waals surface area contributed by atoms with Crippen molar-refractivity contribution in [2.45, 2.75) is 45.4 Å². The largest absolute Gasteiger partial charge is 0.388 e. The van der Waals surface area contributed by atoms with Crippen molar-refractivity contribution in [1.29, 1.82) is 0 Å². The van der Waals surface area contributed by atoms with E-state index in [0.29, 0.717) is 35.4 Å². The normalized spacial score (nSPS) is 23.1. The molecule has 0 radical (unpaired) electrons. The molecule has 1 aliphatic heterocycles. The minimum atomic E-state index is -0.105. The molecule has 1 aliphatic carbocycles. The summed E-state index contributed by atoms with van der Waals surface area (Å²) in [4.78, 5) is 20.5. The van der Waals surface area contributed by atoms with Crippen molar-refractivity contribution in [2.75, 3.05) is 30.4 Å². The fraction of sp³-hybridized carbons (Fsp3) is 0.545. The maximum absolute atomic E-state index is 9.65. The third kappa shape index (κ3) is 3.61. The predicted octanol–water partition coefficient (Wildman–Crippen LogP) is 2.90. The molecule has 2 aliphatic rings. The Kier molecular flexibility index (Phi) is 5.23. The Morgan fingerprint density at radius 1 is 1.16 bits per heavy atom. The molecule has 2 fully saturated rings. The summed E-state index contributed by atoms with van der Waals surface area (Å²) in [5.41, 5.74) is 1.70. The Labute approximate surface area is 181 Å². The molecule has 9 nitrogen and oxygen atoms in total. The van der Waals surface area contributed by atoms with Crippen LogP contribution in [0.4, 0.5) is 17.6 Å². The highest BCUT2D eigenvalue weighted by molar-refractivity contribution is 5.79. The first-order chi connectivity index (χ1) is 15.1. The number of rotatable bonds is 6. The highest BCUT2D eigenvalue weighted by Crippen LogP contribution is 2.39. The maximum Gasteiger partial charge on any atom is 0.227 e. The number of fused-ring (bicyclic) bond motifs is 3. The van der Waals surface area contributed by atoms with Crippen LogP contribution >= 0.6 is 0 Å². The van der Waals surface area contributed by atoms with Gasteiger partial charge in [0.2, 0.25) is 5.95 Å². The van der Waals surface area contributed by atoms with Gasteiger partial charge in [0.15, 0.2) is 0 Å². The van der Waals surface area contributed by atoms with E-state index in [1.165, 1.54) is 12.8 Å². The van der Waals surface area contributed by atoms with Gasteiger partial charge < -0.3 is 24.6 Å². The van der Waals surface area contributed by atoms with Crippen LogP contribution in [0.3, 0.4) is 0 Å². The van der Waals surface area contributed by atoms with Gasteiger partial charge in [-0.05, 0) is 32.8 Å². The maximum atomic E-state index is 9.65. The molecule has 0 amide bonds. The average molecular weight is 424 g/mol. The lowest BCUT2D eigenvalue weighted by Gasteiger charge is -2.37. The number of aliphatic hydroxyl groups excluding tert-OH is 1. The van der Waals surface area contributed by atoms with E-state index in [4.69, 9.17) is 9.72 Å². The molecule has 9 heteroatoms. The fourth-order valence-electron chi connectivity index (χ4n) is 5.23. The number of imidazole rings is 1. The zero-order chi connectivity index (χ0) is 21.5. The molecule has 2 bridgehead atoms. The van der Waals surface area contributed by atoms with Crippen LogP contribution in [0, 0.1) is 11.8 Å². The number of aromatic nitrogens is 5. The van der Waals surface area contributed by atoms with Crippen LogP contribution in [0.15, 0.2) is 24.5 Å². The highest BCUT2D eigenvalue weighted by atomic mass is 16.5. The molecule has 1 saturated carbocycles. The van der Waals surface area contributed by atoms with Gasteiger partial charge in [0.1, 0.15) is 29.6 Å². The number of nitrogens with one attached hydrogen (secondary N) is 1. The van der Waals surface area contributed by atoms with Crippen molar-refractivity contribution < 1.29 is 9.84 Å². The van der Waals surface area contributed by atoms with Gasteiger partial charge in [0, 0.05) is 50.3 Å². The quantitative estimate of drug-likeness (QED) is 0.624. The zero-order valence-corrected chi connectivity index (χ0v) is 18.2. The SMILES string of the molecule is COC1[C@@H]2CC[C@@H]1CN(c1nccc(Nc3cc4c(cn3)nc(CO)n4C(C)C)n1)C2. The van der Waals surface area contributed by atoms with Gasteiger partial charge in [-0.3, -0.25) is 0 Å². The summed E-state index contributed by atoms with van der Waals surface area (Å²) in [6.45, 7) is 5.90. The van der Waals surface area contributed by atoms with E-state index < -0.39 is 0 Å². The van der Waals surface area contributed by atoms with Gasteiger partial charge >= 0.3 is 0 Å². The summed E-state index contributed by atoms with van der Waals surface area (Å²) in [5.74, 6) is 3.86. The van der Waals surface area contributed by atoms with Gasteiger partial charge in [-0.15, -0.1) is 0 Å². The Morgan fingerprint density at radius 2 is 1.94 bits per heavy atom. The minimum Gasteiger partial charge on any atom is -0.388 e. The molecule has 1 saturated heterocycles. The Bertz CT molecular complexity index is 1070. The standard InChI is InChI=1S/C22H29N7O2/c1-13(2)29-17-8-19(24-9-16(17)25-20(29)12-30)26-18-6-7-23-22(27-18)28-10-14-4-5-15(11-28)21(14)31-3/h6-9,13-15,21,30H,4-5,10-12H2,1-3H3,(H,23,24,26,27)/t14-,15-/m1/s1. The first kappa shape index (κ1) is 20.1. The first-order valence-electron chi connectivity index (χ1n) is 10.9. The van der Waals surface area contributed by atoms with Crippen LogP contribution in [-0.2, 0) is 11.3 Å². The van der Waals surface area contributed by atoms with E-state index in [9.17, 15) is 5.11 Å². The molecule has 164 valence electrons. The van der Waals surface area contributed by atoms with E-state index in [1.807, 2.05) is 23.8 Å². The van der Waals surface area contributed by atoms with Gasteiger partial charge in [0.05, 0.1) is 17.8 Å². The lowest BCUT2D eigenvalue weighted by molar-refractivity contribution is 0.0293. The second kappa shape index (κ2) is 8.05. The van der Waals surface area contributed by atoms with Gasteiger partial charge in [-0.25, -0.2) is 15.0 Å². The van der Waals surface area contributed by atoms with Crippen molar-refractivity contribution in [3.05, 3.63) is 30.4 Å². The second-order valence-corrected chi connectivity index (χ2v) is 8.78. The van der Waals surface area contributed by atoms with Crippen molar-refractivity contribution in [2.24, 2.45) is 11.8 Å². The number of hydrogen-bond acceptors (Lipinski definition) is 8. The third-order valence-corrected chi connectivity index (χ3v) is 6.51. The van der Waals surface area contributed by atoms with Crippen LogP contribution in [0.1, 0.15) is 38.6 Å². The molecule has 5 rings (SSSR count). The van der Waals surface area contributed by atoms with Crippen LogP contribution in [0.2, 0.25) is 0 Å². The molecule has 3 aromatic heterocycles. The van der Waals surface area contributed by atoms with Crippen LogP contribution < -0.4 is 10.2 Å². The van der Waals surface area contributed by atoms with Gasteiger partial charge in [-0.1, -0.05) is 0 Å². The van der Waals surface area contributed by atoms with E-state index in [2.05, 4.69) is 39.0 Å². The summed E-state index contributed by atoms with van der Waals surface area (Å²) in [6, 6.07) is 3.98. The number of ether oxygens (including phenoxy) is 1. The monoisotopic (exact) mass is 423 g/mol. The summed E-state index contributed by atoms with van der Waals surface area (Å²) < 4.78 is 7.76. The number of nitrogens with zero attached hydrogens (tertiary/aromatic N) is 6. The lowest BCUT2D eigenvalue weighted by atomic mass is 9.95. The lowest BCUT2D eigenvalue weighted by Crippen LogP contribution is -2.46. The average Bonchev–Trinajstić information content (AvgIpc) is 3.26. The minimum absolute atomic E-state index is 0.105. The van der Waals surface area contributed by atoms with Crippen molar-refractivity contribution in [3.8, 4) is 0 Å². The zero-order valence-electron chi connectivity index (χ0n) is 18.2. The predicted molar refractivity (Wildman–Crippen MR) is 118 cm³/mol. The van der Waals surface area contributed by atoms with Crippen LogP contribution in [0.25, 0.3) is 11.0 Å². The Hall–Kier alpha value is -2.78. The topological polar surface area (TPSA) is 101 Å². The van der Waals surface area contributed by atoms with Crippen LogP contribution in [0.5, 0.6) is 0 Å². The molecule has 0 unspecified atom stereocenters. The third-order valence-electron chi connectivity index (χ3n) is 6.51. The number of pyridine rings is 1. The van der Waals surface area contributed by atoms with Gasteiger partial charge in [-0.2, -0.15) is 4.98 Å². The Morgan fingerprint density at radius 3 is 2.61 bits per heavy atom. The number of anilines is 3. The number of piperidine rings is 1.